The molecule has 5 rings (SSSR count). The minimum atomic E-state index is -0.0963. The molecule has 2 heterocycles. The number of nitrogens with one attached hydrogen (secondary N) is 3. The number of aryl methyl sites for hydroxylation is 2. The number of benzene rings is 2. The SMILES string of the molecule is O=C(Nc1cccc(-c2ccn[nH]2)c1)c1cccc2c3c([nH]c12)CCCC3. The fraction of sp³-hybridized carbons (Fsp3) is 0.182. The second kappa shape index (κ2) is 6.43. The minimum Gasteiger partial charge on any atom is -0.358 e. The van der Waals surface area contributed by atoms with Gasteiger partial charge < -0.3 is 10.3 Å². The Hall–Kier alpha value is -3.34. The van der Waals surface area contributed by atoms with Crippen molar-refractivity contribution in [3.8, 4) is 11.3 Å². The number of anilines is 1. The zero-order valence-corrected chi connectivity index (χ0v) is 14.9. The molecule has 2 aromatic heterocycles. The zero-order chi connectivity index (χ0) is 18.2. The first-order chi connectivity index (χ1) is 13.3. The third-order valence-corrected chi connectivity index (χ3v) is 5.31. The molecule has 1 amide bonds. The fourth-order valence-corrected chi connectivity index (χ4v) is 4.00. The van der Waals surface area contributed by atoms with E-state index in [-0.39, 0.29) is 5.91 Å². The molecule has 0 fully saturated rings. The molecule has 3 N–H and O–H groups in total. The van der Waals surface area contributed by atoms with Crippen LogP contribution in [0.1, 0.15) is 34.5 Å². The topological polar surface area (TPSA) is 73.6 Å². The molecule has 2 aromatic carbocycles. The molecular formula is C22H20N4O. The van der Waals surface area contributed by atoms with Crippen LogP contribution < -0.4 is 5.32 Å². The molecule has 0 bridgehead atoms. The number of aromatic amines is 2. The van der Waals surface area contributed by atoms with Crippen LogP contribution in [0.4, 0.5) is 5.69 Å². The highest BCUT2D eigenvalue weighted by Gasteiger charge is 2.19. The van der Waals surface area contributed by atoms with E-state index >= 15 is 0 Å². The second-order valence-corrected chi connectivity index (χ2v) is 7.02. The van der Waals surface area contributed by atoms with Gasteiger partial charge in [-0.05, 0) is 55.5 Å². The number of aromatic nitrogens is 3. The fourth-order valence-electron chi connectivity index (χ4n) is 4.00. The summed E-state index contributed by atoms with van der Waals surface area (Å²) in [5.41, 5.74) is 6.98. The maximum Gasteiger partial charge on any atom is 0.257 e. The molecule has 0 unspecified atom stereocenters. The first-order valence-electron chi connectivity index (χ1n) is 9.33. The molecule has 1 aliphatic carbocycles. The molecular weight excluding hydrogens is 336 g/mol. The molecule has 0 radical (unpaired) electrons. The van der Waals surface area contributed by atoms with Gasteiger partial charge in [0.1, 0.15) is 0 Å². The molecule has 1 aliphatic rings. The summed E-state index contributed by atoms with van der Waals surface area (Å²) < 4.78 is 0. The maximum absolute atomic E-state index is 13.0. The van der Waals surface area contributed by atoms with Crippen LogP contribution in [0.3, 0.4) is 0 Å². The lowest BCUT2D eigenvalue weighted by atomic mass is 9.95. The lowest BCUT2D eigenvalue weighted by Gasteiger charge is -2.10. The van der Waals surface area contributed by atoms with Crippen LogP contribution in [0, 0.1) is 0 Å². The number of para-hydroxylation sites is 1. The summed E-state index contributed by atoms with van der Waals surface area (Å²) in [6.45, 7) is 0. The highest BCUT2D eigenvalue weighted by Crippen LogP contribution is 2.31. The van der Waals surface area contributed by atoms with Crippen molar-refractivity contribution in [1.29, 1.82) is 0 Å². The van der Waals surface area contributed by atoms with Crippen LogP contribution in [0.15, 0.2) is 54.7 Å². The molecule has 0 saturated carbocycles. The molecule has 134 valence electrons. The Morgan fingerprint density at radius 3 is 2.81 bits per heavy atom. The Balaban J connectivity index is 1.48. The van der Waals surface area contributed by atoms with E-state index in [1.165, 1.54) is 29.5 Å². The van der Waals surface area contributed by atoms with Crippen LogP contribution >= 0.6 is 0 Å². The van der Waals surface area contributed by atoms with E-state index in [0.717, 1.165) is 35.3 Å². The summed E-state index contributed by atoms with van der Waals surface area (Å²) in [6, 6.07) is 15.7. The predicted molar refractivity (Wildman–Crippen MR) is 107 cm³/mol. The molecule has 5 heteroatoms. The number of rotatable bonds is 3. The van der Waals surface area contributed by atoms with Gasteiger partial charge in [0, 0.05) is 28.5 Å². The van der Waals surface area contributed by atoms with E-state index in [0.29, 0.717) is 5.56 Å². The normalized spacial score (nSPS) is 13.5. The Morgan fingerprint density at radius 2 is 1.93 bits per heavy atom. The Labute approximate surface area is 156 Å². The summed E-state index contributed by atoms with van der Waals surface area (Å²) in [5.74, 6) is -0.0963. The zero-order valence-electron chi connectivity index (χ0n) is 14.9. The molecule has 27 heavy (non-hydrogen) atoms. The van der Waals surface area contributed by atoms with E-state index < -0.39 is 0 Å². The second-order valence-electron chi connectivity index (χ2n) is 7.02. The van der Waals surface area contributed by atoms with Gasteiger partial charge in [0.25, 0.3) is 5.91 Å². The van der Waals surface area contributed by atoms with Gasteiger partial charge in [0.2, 0.25) is 0 Å². The smallest absolute Gasteiger partial charge is 0.257 e. The van der Waals surface area contributed by atoms with E-state index in [1.807, 2.05) is 42.5 Å². The number of carbonyl (C=O) groups is 1. The number of H-pyrrole nitrogens is 2. The van der Waals surface area contributed by atoms with Crippen LogP contribution in [-0.4, -0.2) is 21.1 Å². The summed E-state index contributed by atoms with van der Waals surface area (Å²) in [6.07, 6.45) is 6.30. The van der Waals surface area contributed by atoms with Gasteiger partial charge in [-0.25, -0.2) is 0 Å². The number of carbonyl (C=O) groups excluding carboxylic acids is 1. The largest absolute Gasteiger partial charge is 0.358 e. The van der Waals surface area contributed by atoms with Gasteiger partial charge in [0.05, 0.1) is 16.8 Å². The van der Waals surface area contributed by atoms with E-state index in [9.17, 15) is 4.79 Å². The van der Waals surface area contributed by atoms with Gasteiger partial charge in [-0.15, -0.1) is 0 Å². The van der Waals surface area contributed by atoms with Gasteiger partial charge in [-0.1, -0.05) is 24.3 Å². The van der Waals surface area contributed by atoms with E-state index in [4.69, 9.17) is 0 Å². The van der Waals surface area contributed by atoms with Crippen molar-refractivity contribution in [2.45, 2.75) is 25.7 Å². The summed E-state index contributed by atoms with van der Waals surface area (Å²) in [4.78, 5) is 16.5. The summed E-state index contributed by atoms with van der Waals surface area (Å²) >= 11 is 0. The molecule has 0 spiro atoms. The summed E-state index contributed by atoms with van der Waals surface area (Å²) in [5, 5.41) is 11.2. The van der Waals surface area contributed by atoms with Crippen molar-refractivity contribution in [2.24, 2.45) is 0 Å². The first kappa shape index (κ1) is 15.9. The highest BCUT2D eigenvalue weighted by atomic mass is 16.1. The lowest BCUT2D eigenvalue weighted by Crippen LogP contribution is -2.12. The molecule has 0 atom stereocenters. The van der Waals surface area contributed by atoms with Crippen molar-refractivity contribution < 1.29 is 4.79 Å². The lowest BCUT2D eigenvalue weighted by molar-refractivity contribution is 0.102. The van der Waals surface area contributed by atoms with Gasteiger partial charge in [-0.3, -0.25) is 9.89 Å². The van der Waals surface area contributed by atoms with Crippen molar-refractivity contribution in [3.63, 3.8) is 0 Å². The number of hydrogen-bond donors (Lipinski definition) is 3. The molecule has 5 nitrogen and oxygen atoms in total. The number of hydrogen-bond acceptors (Lipinski definition) is 2. The van der Waals surface area contributed by atoms with Crippen LogP contribution in [0.2, 0.25) is 0 Å². The van der Waals surface area contributed by atoms with E-state index in [1.54, 1.807) is 6.20 Å². The maximum atomic E-state index is 13.0. The molecule has 0 aliphatic heterocycles. The number of amides is 1. The van der Waals surface area contributed by atoms with Gasteiger partial charge >= 0.3 is 0 Å². The predicted octanol–water partition coefficient (Wildman–Crippen LogP) is 4.69. The van der Waals surface area contributed by atoms with Crippen LogP contribution in [0.5, 0.6) is 0 Å². The first-order valence-corrected chi connectivity index (χ1v) is 9.33. The standard InChI is InChI=1S/C22H20N4O/c27-22(24-15-6-3-5-14(13-15)19-11-12-23-26-19)18-9-4-8-17-16-7-1-2-10-20(16)25-21(17)18/h3-6,8-9,11-13,25H,1-2,7,10H2,(H,23,26)(H,24,27). The Kier molecular flexibility index (Phi) is 3.78. The Morgan fingerprint density at radius 1 is 1.04 bits per heavy atom. The third-order valence-electron chi connectivity index (χ3n) is 5.31. The Bertz CT molecular complexity index is 1120. The summed E-state index contributed by atoms with van der Waals surface area (Å²) in [7, 11) is 0. The van der Waals surface area contributed by atoms with Crippen LogP contribution in [-0.2, 0) is 12.8 Å². The molecule has 4 aromatic rings. The van der Waals surface area contributed by atoms with Crippen LogP contribution in [0.25, 0.3) is 22.2 Å². The van der Waals surface area contributed by atoms with Gasteiger partial charge in [-0.2, -0.15) is 5.10 Å². The number of fused-ring (bicyclic) bond motifs is 3. The van der Waals surface area contributed by atoms with Gasteiger partial charge in [0.15, 0.2) is 0 Å². The third kappa shape index (κ3) is 2.81. The minimum absolute atomic E-state index is 0.0963. The van der Waals surface area contributed by atoms with Crippen molar-refractivity contribution in [1.82, 2.24) is 15.2 Å². The van der Waals surface area contributed by atoms with Crippen molar-refractivity contribution >= 4 is 22.5 Å². The number of nitrogens with zero attached hydrogens (tertiary/aromatic N) is 1. The molecule has 0 saturated heterocycles. The monoisotopic (exact) mass is 356 g/mol. The highest BCUT2D eigenvalue weighted by molar-refractivity contribution is 6.12. The van der Waals surface area contributed by atoms with Crippen molar-refractivity contribution in [3.05, 3.63) is 71.5 Å². The van der Waals surface area contributed by atoms with E-state index in [2.05, 4.69) is 26.6 Å². The average Bonchev–Trinajstić information content (AvgIpc) is 3.36. The average molecular weight is 356 g/mol. The van der Waals surface area contributed by atoms with Crippen molar-refractivity contribution in [2.75, 3.05) is 5.32 Å². The quantitative estimate of drug-likeness (QED) is 0.498.